The molecule has 1 aliphatic rings. The number of hydrogen-bond acceptors (Lipinski definition) is 0. The van der Waals surface area contributed by atoms with Gasteiger partial charge in [-0.15, -0.1) is 0 Å². The molecule has 1 aromatic carbocycles. The predicted molar refractivity (Wildman–Crippen MR) is 47.5 cm³/mol. The van der Waals surface area contributed by atoms with Crippen LogP contribution in [0.4, 0.5) is 0 Å². The van der Waals surface area contributed by atoms with Crippen molar-refractivity contribution in [3.8, 4) is 0 Å². The average molecular weight is 146 g/mol. The molecular formula is C11H14. The Balaban J connectivity index is 1.95. The van der Waals surface area contributed by atoms with E-state index in [4.69, 9.17) is 0 Å². The fourth-order valence-corrected chi connectivity index (χ4v) is 1.64. The van der Waals surface area contributed by atoms with Crippen LogP contribution in [-0.2, 0) is 6.42 Å². The molecule has 58 valence electrons. The van der Waals surface area contributed by atoms with Gasteiger partial charge in [0.1, 0.15) is 0 Å². The molecular weight excluding hydrogens is 132 g/mol. The van der Waals surface area contributed by atoms with Crippen molar-refractivity contribution in [1.82, 2.24) is 0 Å². The van der Waals surface area contributed by atoms with E-state index in [0.717, 1.165) is 5.92 Å². The zero-order chi connectivity index (χ0) is 7.52. The molecule has 0 atom stereocenters. The Morgan fingerprint density at radius 1 is 1.09 bits per heavy atom. The fourth-order valence-electron chi connectivity index (χ4n) is 1.64. The summed E-state index contributed by atoms with van der Waals surface area (Å²) >= 11 is 0. The Morgan fingerprint density at radius 3 is 2.36 bits per heavy atom. The van der Waals surface area contributed by atoms with Gasteiger partial charge in [-0.1, -0.05) is 49.6 Å². The summed E-state index contributed by atoms with van der Waals surface area (Å²) in [5.74, 6) is 0.998. The van der Waals surface area contributed by atoms with Crippen molar-refractivity contribution < 1.29 is 0 Å². The second kappa shape index (κ2) is 3.08. The van der Waals surface area contributed by atoms with E-state index in [2.05, 4.69) is 30.3 Å². The topological polar surface area (TPSA) is 0 Å². The standard InChI is InChI=1S/C11H14/c1-2-5-10(6-3-1)9-11-7-4-8-11/h1-3,5-6,11H,4,7-9H2. The fraction of sp³-hybridized carbons (Fsp3) is 0.455. The summed E-state index contributed by atoms with van der Waals surface area (Å²) in [5, 5.41) is 0. The van der Waals surface area contributed by atoms with E-state index in [9.17, 15) is 0 Å². The second-order valence-corrected chi connectivity index (χ2v) is 3.49. The highest BCUT2D eigenvalue weighted by Crippen LogP contribution is 2.29. The first-order chi connectivity index (χ1) is 5.45. The van der Waals surface area contributed by atoms with E-state index >= 15 is 0 Å². The van der Waals surface area contributed by atoms with Gasteiger partial charge in [-0.25, -0.2) is 0 Å². The van der Waals surface area contributed by atoms with Crippen molar-refractivity contribution in [1.29, 1.82) is 0 Å². The Hall–Kier alpha value is -0.780. The van der Waals surface area contributed by atoms with Crippen LogP contribution in [0.3, 0.4) is 0 Å². The molecule has 1 aliphatic carbocycles. The third-order valence-electron chi connectivity index (χ3n) is 2.59. The molecule has 0 spiro atoms. The maximum atomic E-state index is 2.23. The SMILES string of the molecule is c1ccc(CC2CCC2)cc1. The van der Waals surface area contributed by atoms with Crippen LogP contribution in [-0.4, -0.2) is 0 Å². The smallest absolute Gasteiger partial charge is 0.0250 e. The van der Waals surface area contributed by atoms with Crippen LogP contribution in [0, 0.1) is 5.92 Å². The van der Waals surface area contributed by atoms with Gasteiger partial charge in [0.2, 0.25) is 0 Å². The van der Waals surface area contributed by atoms with E-state index in [1.165, 1.54) is 31.2 Å². The molecule has 0 aliphatic heterocycles. The summed E-state index contributed by atoms with van der Waals surface area (Å²) in [6.45, 7) is 0. The van der Waals surface area contributed by atoms with Gasteiger partial charge in [0.25, 0.3) is 0 Å². The zero-order valence-corrected chi connectivity index (χ0v) is 6.79. The molecule has 1 fully saturated rings. The minimum atomic E-state index is 0.998. The van der Waals surface area contributed by atoms with Gasteiger partial charge >= 0.3 is 0 Å². The molecule has 0 aromatic heterocycles. The first kappa shape index (κ1) is 6.90. The minimum Gasteiger partial charge on any atom is -0.0622 e. The van der Waals surface area contributed by atoms with Gasteiger partial charge in [-0.2, -0.15) is 0 Å². The van der Waals surface area contributed by atoms with Crippen molar-refractivity contribution in [2.45, 2.75) is 25.7 Å². The average Bonchev–Trinajstić information content (AvgIpc) is 1.99. The van der Waals surface area contributed by atoms with Crippen LogP contribution in [0.15, 0.2) is 30.3 Å². The molecule has 0 amide bonds. The summed E-state index contributed by atoms with van der Waals surface area (Å²) in [6.07, 6.45) is 5.67. The largest absolute Gasteiger partial charge is 0.0622 e. The van der Waals surface area contributed by atoms with Crippen molar-refractivity contribution in [3.63, 3.8) is 0 Å². The molecule has 2 rings (SSSR count). The molecule has 0 heteroatoms. The second-order valence-electron chi connectivity index (χ2n) is 3.49. The summed E-state index contributed by atoms with van der Waals surface area (Å²) < 4.78 is 0. The Kier molecular flexibility index (Phi) is 1.93. The zero-order valence-electron chi connectivity index (χ0n) is 6.79. The Bertz CT molecular complexity index is 209. The lowest BCUT2D eigenvalue weighted by molar-refractivity contribution is 0.314. The van der Waals surface area contributed by atoms with Crippen molar-refractivity contribution in [2.75, 3.05) is 0 Å². The van der Waals surface area contributed by atoms with E-state index in [1.54, 1.807) is 0 Å². The lowest BCUT2D eigenvalue weighted by Gasteiger charge is -2.25. The third kappa shape index (κ3) is 1.62. The molecule has 1 saturated carbocycles. The molecule has 1 aromatic rings. The molecule has 0 saturated heterocycles. The summed E-state index contributed by atoms with van der Waals surface area (Å²) in [4.78, 5) is 0. The highest BCUT2D eigenvalue weighted by molar-refractivity contribution is 5.15. The molecule has 0 unspecified atom stereocenters. The van der Waals surface area contributed by atoms with Crippen molar-refractivity contribution in [2.24, 2.45) is 5.92 Å². The Morgan fingerprint density at radius 2 is 1.82 bits per heavy atom. The summed E-state index contributed by atoms with van der Waals surface area (Å²) in [5.41, 5.74) is 1.51. The van der Waals surface area contributed by atoms with Gasteiger partial charge in [-0.05, 0) is 17.9 Å². The highest BCUT2D eigenvalue weighted by atomic mass is 14.2. The maximum absolute atomic E-state index is 2.23. The van der Waals surface area contributed by atoms with Gasteiger partial charge < -0.3 is 0 Å². The number of rotatable bonds is 2. The monoisotopic (exact) mass is 146 g/mol. The summed E-state index contributed by atoms with van der Waals surface area (Å²) in [6, 6.07) is 10.8. The molecule has 0 N–H and O–H groups in total. The van der Waals surface area contributed by atoms with Crippen LogP contribution in [0.5, 0.6) is 0 Å². The predicted octanol–water partition coefficient (Wildman–Crippen LogP) is 3.03. The lowest BCUT2D eigenvalue weighted by Crippen LogP contribution is -2.13. The highest BCUT2D eigenvalue weighted by Gasteiger charge is 2.16. The first-order valence-electron chi connectivity index (χ1n) is 4.49. The quantitative estimate of drug-likeness (QED) is 0.601. The van der Waals surface area contributed by atoms with Crippen molar-refractivity contribution >= 4 is 0 Å². The molecule has 0 nitrogen and oxygen atoms in total. The molecule has 0 bridgehead atoms. The van der Waals surface area contributed by atoms with E-state index in [1.807, 2.05) is 0 Å². The number of hydrogen-bond donors (Lipinski definition) is 0. The van der Waals surface area contributed by atoms with Gasteiger partial charge in [0.15, 0.2) is 0 Å². The maximum Gasteiger partial charge on any atom is -0.0250 e. The normalized spacial score (nSPS) is 17.8. The van der Waals surface area contributed by atoms with Crippen LogP contribution >= 0.6 is 0 Å². The van der Waals surface area contributed by atoms with Crippen molar-refractivity contribution in [3.05, 3.63) is 35.9 Å². The van der Waals surface area contributed by atoms with Gasteiger partial charge in [-0.3, -0.25) is 0 Å². The molecule has 0 radical (unpaired) electrons. The van der Waals surface area contributed by atoms with E-state index in [-0.39, 0.29) is 0 Å². The lowest BCUT2D eigenvalue weighted by atomic mass is 9.81. The summed E-state index contributed by atoms with van der Waals surface area (Å²) in [7, 11) is 0. The molecule has 11 heavy (non-hydrogen) atoms. The first-order valence-corrected chi connectivity index (χ1v) is 4.49. The van der Waals surface area contributed by atoms with Gasteiger partial charge in [0.05, 0.1) is 0 Å². The van der Waals surface area contributed by atoms with Crippen LogP contribution in [0.2, 0.25) is 0 Å². The third-order valence-corrected chi connectivity index (χ3v) is 2.59. The van der Waals surface area contributed by atoms with Crippen LogP contribution in [0.25, 0.3) is 0 Å². The van der Waals surface area contributed by atoms with Gasteiger partial charge in [0, 0.05) is 0 Å². The van der Waals surface area contributed by atoms with Crippen LogP contribution < -0.4 is 0 Å². The van der Waals surface area contributed by atoms with E-state index in [0.29, 0.717) is 0 Å². The Labute approximate surface area is 68.3 Å². The van der Waals surface area contributed by atoms with Crippen LogP contribution in [0.1, 0.15) is 24.8 Å². The van der Waals surface area contributed by atoms with E-state index < -0.39 is 0 Å². The number of benzene rings is 1. The minimum absolute atomic E-state index is 0.998. The molecule has 0 heterocycles.